The zero-order valence-electron chi connectivity index (χ0n) is 18.2. The van der Waals surface area contributed by atoms with Gasteiger partial charge in [0.05, 0.1) is 11.1 Å². The highest BCUT2D eigenvalue weighted by Crippen LogP contribution is 2.15. The fourth-order valence-corrected chi connectivity index (χ4v) is 3.13. The summed E-state index contributed by atoms with van der Waals surface area (Å²) in [6, 6.07) is 5.53. The Kier molecular flexibility index (Phi) is 7.30. The Hall–Kier alpha value is -4.62. The van der Waals surface area contributed by atoms with E-state index in [0.29, 0.717) is 11.6 Å². The maximum atomic E-state index is 12.2. The first-order valence-corrected chi connectivity index (χ1v) is 9.96. The van der Waals surface area contributed by atoms with Gasteiger partial charge in [-0.15, -0.1) is 0 Å². The number of imidazole rings is 2. The summed E-state index contributed by atoms with van der Waals surface area (Å²) in [6.07, 6.45) is 2.26. The molecule has 0 bridgehead atoms. The van der Waals surface area contributed by atoms with Gasteiger partial charge in [-0.25, -0.2) is 28.7 Å². The van der Waals surface area contributed by atoms with E-state index in [1.807, 2.05) is 0 Å². The average molecular weight is 472 g/mol. The number of ether oxygens (including phenoxy) is 2. The molecule has 34 heavy (non-hydrogen) atoms. The van der Waals surface area contributed by atoms with Crippen molar-refractivity contribution in [3.8, 4) is 0 Å². The molecule has 3 aromatic rings. The number of nitro groups is 2. The molecule has 0 aliphatic carbocycles. The number of nitrogens with zero attached hydrogens (tertiary/aromatic N) is 6. The van der Waals surface area contributed by atoms with Crippen molar-refractivity contribution in [3.05, 3.63) is 79.7 Å². The van der Waals surface area contributed by atoms with Crippen LogP contribution in [0.3, 0.4) is 0 Å². The largest absolute Gasteiger partial charge is 0.458 e. The number of benzene rings is 1. The molecule has 14 heteroatoms. The van der Waals surface area contributed by atoms with Gasteiger partial charge in [0.1, 0.15) is 38.7 Å². The summed E-state index contributed by atoms with van der Waals surface area (Å²) >= 11 is 0. The van der Waals surface area contributed by atoms with Crippen molar-refractivity contribution < 1.29 is 28.9 Å². The third-order valence-corrected chi connectivity index (χ3v) is 4.89. The molecule has 14 nitrogen and oxygen atoms in total. The minimum atomic E-state index is -0.664. The molecule has 0 saturated carbocycles. The van der Waals surface area contributed by atoms with Crippen LogP contribution in [-0.2, 0) is 22.6 Å². The number of aryl methyl sites for hydroxylation is 2. The van der Waals surface area contributed by atoms with Gasteiger partial charge in [-0.05, 0) is 34.1 Å². The molecule has 3 rings (SSSR count). The van der Waals surface area contributed by atoms with Crippen LogP contribution in [0.15, 0.2) is 36.7 Å². The highest BCUT2D eigenvalue weighted by Gasteiger charge is 2.19. The van der Waals surface area contributed by atoms with E-state index in [-0.39, 0.29) is 49.1 Å². The molecule has 0 radical (unpaired) electrons. The number of esters is 2. The van der Waals surface area contributed by atoms with E-state index in [4.69, 9.17) is 9.47 Å². The normalized spacial score (nSPS) is 10.6. The van der Waals surface area contributed by atoms with Crippen LogP contribution in [0.25, 0.3) is 0 Å². The Balaban J connectivity index is 1.50. The van der Waals surface area contributed by atoms with Gasteiger partial charge >= 0.3 is 23.6 Å². The van der Waals surface area contributed by atoms with Crippen LogP contribution < -0.4 is 0 Å². The number of hydrogen-bond donors (Lipinski definition) is 0. The second-order valence-electron chi connectivity index (χ2n) is 6.99. The van der Waals surface area contributed by atoms with Crippen LogP contribution >= 0.6 is 0 Å². The molecule has 2 heterocycles. The minimum Gasteiger partial charge on any atom is -0.458 e. The summed E-state index contributed by atoms with van der Waals surface area (Å²) in [6.45, 7) is 3.11. The molecule has 0 fully saturated rings. The predicted molar refractivity (Wildman–Crippen MR) is 114 cm³/mol. The van der Waals surface area contributed by atoms with Crippen molar-refractivity contribution >= 4 is 23.6 Å². The second-order valence-corrected chi connectivity index (χ2v) is 6.99. The van der Waals surface area contributed by atoms with Crippen LogP contribution in [-0.4, -0.2) is 54.1 Å². The molecule has 0 spiro atoms. The van der Waals surface area contributed by atoms with Gasteiger partial charge in [0.2, 0.25) is 0 Å². The molecule has 0 unspecified atom stereocenters. The van der Waals surface area contributed by atoms with Crippen molar-refractivity contribution in [2.45, 2.75) is 26.9 Å². The molecule has 0 saturated heterocycles. The lowest BCUT2D eigenvalue weighted by Crippen LogP contribution is -2.15. The summed E-state index contributed by atoms with van der Waals surface area (Å²) in [7, 11) is 0. The van der Waals surface area contributed by atoms with Gasteiger partial charge in [-0.2, -0.15) is 0 Å². The summed E-state index contributed by atoms with van der Waals surface area (Å²) in [5.74, 6) is -0.887. The van der Waals surface area contributed by atoms with Crippen molar-refractivity contribution in [1.82, 2.24) is 19.1 Å². The van der Waals surface area contributed by atoms with Crippen LogP contribution in [0.2, 0.25) is 0 Å². The summed E-state index contributed by atoms with van der Waals surface area (Å²) in [5.41, 5.74) is 0.358. The van der Waals surface area contributed by atoms with E-state index in [0.717, 1.165) is 12.4 Å². The van der Waals surface area contributed by atoms with Crippen LogP contribution in [0.4, 0.5) is 11.6 Å². The molecule has 2 aromatic heterocycles. The highest BCUT2D eigenvalue weighted by atomic mass is 16.6. The number of hydrogen-bond acceptors (Lipinski definition) is 10. The summed E-state index contributed by atoms with van der Waals surface area (Å²) < 4.78 is 13.0. The SMILES string of the molecule is Cc1ncc([N+](=O)[O-])n1CCOC(=O)c1ccc(C(=O)OCCn2c([N+](=O)[O-])cnc2C)cc1. The molecule has 0 atom stereocenters. The van der Waals surface area contributed by atoms with E-state index >= 15 is 0 Å². The molecule has 0 aliphatic heterocycles. The van der Waals surface area contributed by atoms with Gasteiger partial charge in [0.15, 0.2) is 11.6 Å². The molecule has 0 N–H and O–H groups in total. The second kappa shape index (κ2) is 10.3. The molecule has 0 aliphatic rings. The Morgan fingerprint density at radius 2 is 1.15 bits per heavy atom. The maximum absolute atomic E-state index is 12.2. The zero-order chi connectivity index (χ0) is 24.8. The Bertz CT molecular complexity index is 1140. The molecule has 1 aromatic carbocycles. The molecule has 178 valence electrons. The third-order valence-electron chi connectivity index (χ3n) is 4.89. The summed E-state index contributed by atoms with van der Waals surface area (Å²) in [5, 5.41) is 22.0. The molecular weight excluding hydrogens is 452 g/mol. The third kappa shape index (κ3) is 5.40. The lowest BCUT2D eigenvalue weighted by atomic mass is 10.1. The van der Waals surface area contributed by atoms with Gasteiger partial charge in [-0.1, -0.05) is 0 Å². The van der Waals surface area contributed by atoms with E-state index in [2.05, 4.69) is 9.97 Å². The van der Waals surface area contributed by atoms with Crippen molar-refractivity contribution in [2.24, 2.45) is 0 Å². The van der Waals surface area contributed by atoms with Crippen molar-refractivity contribution in [3.63, 3.8) is 0 Å². The standard InChI is InChI=1S/C20H20N6O8/c1-13-21-11-17(25(29)30)23(13)7-9-33-19(27)15-3-5-16(6-4-15)20(28)34-10-8-24-14(2)22-12-18(24)26(31)32/h3-6,11-12H,7-10H2,1-2H3. The number of carbonyl (C=O) groups is 2. The van der Waals surface area contributed by atoms with Crippen molar-refractivity contribution in [1.29, 1.82) is 0 Å². The fourth-order valence-electron chi connectivity index (χ4n) is 3.13. The van der Waals surface area contributed by atoms with Crippen LogP contribution in [0.1, 0.15) is 32.4 Å². The lowest BCUT2D eigenvalue weighted by molar-refractivity contribution is -0.392. The monoisotopic (exact) mass is 472 g/mol. The van der Waals surface area contributed by atoms with Crippen molar-refractivity contribution in [2.75, 3.05) is 13.2 Å². The van der Waals surface area contributed by atoms with E-state index in [9.17, 15) is 29.8 Å². The number of aromatic nitrogens is 4. The highest BCUT2D eigenvalue weighted by molar-refractivity contribution is 5.93. The Morgan fingerprint density at radius 1 is 0.794 bits per heavy atom. The number of rotatable bonds is 10. The van der Waals surface area contributed by atoms with E-state index in [1.54, 1.807) is 13.8 Å². The Labute approximate surface area is 192 Å². The average Bonchev–Trinajstić information content (AvgIpc) is 3.36. The lowest BCUT2D eigenvalue weighted by Gasteiger charge is -2.07. The first-order valence-electron chi connectivity index (χ1n) is 9.96. The first-order chi connectivity index (χ1) is 16.2. The maximum Gasteiger partial charge on any atom is 0.342 e. The minimum absolute atomic E-state index is 0.0623. The van der Waals surface area contributed by atoms with Crippen LogP contribution in [0.5, 0.6) is 0 Å². The number of carbonyl (C=O) groups excluding carboxylic acids is 2. The summed E-state index contributed by atoms with van der Waals surface area (Å²) in [4.78, 5) is 53.0. The Morgan fingerprint density at radius 3 is 1.47 bits per heavy atom. The van der Waals surface area contributed by atoms with E-state index < -0.39 is 21.8 Å². The van der Waals surface area contributed by atoms with Crippen LogP contribution in [0, 0.1) is 34.1 Å². The van der Waals surface area contributed by atoms with Gasteiger partial charge in [-0.3, -0.25) is 0 Å². The topological polar surface area (TPSA) is 175 Å². The van der Waals surface area contributed by atoms with Gasteiger partial charge < -0.3 is 29.7 Å². The van der Waals surface area contributed by atoms with Gasteiger partial charge in [0, 0.05) is 13.8 Å². The fraction of sp³-hybridized carbons (Fsp3) is 0.300. The van der Waals surface area contributed by atoms with Gasteiger partial charge in [0.25, 0.3) is 0 Å². The smallest absolute Gasteiger partial charge is 0.342 e. The predicted octanol–water partition coefficient (Wildman–Crippen LogP) is 2.23. The first kappa shape index (κ1) is 24.0. The molecular formula is C20H20N6O8. The molecule has 0 amide bonds. The van der Waals surface area contributed by atoms with E-state index in [1.165, 1.54) is 33.4 Å². The zero-order valence-corrected chi connectivity index (χ0v) is 18.2. The quantitative estimate of drug-likeness (QED) is 0.242.